The number of benzene rings is 2. The van der Waals surface area contributed by atoms with Gasteiger partial charge < -0.3 is 14.9 Å². The first-order chi connectivity index (χ1) is 15.4. The lowest BCUT2D eigenvalue weighted by atomic mass is 10.00. The molecule has 1 atom stereocenters. The number of carbonyl (C=O) groups excluding carboxylic acids is 1. The summed E-state index contributed by atoms with van der Waals surface area (Å²) in [5.41, 5.74) is 5.37. The van der Waals surface area contributed by atoms with Crippen LogP contribution in [-0.2, 0) is 12.8 Å². The summed E-state index contributed by atoms with van der Waals surface area (Å²) in [5, 5.41) is 18.5. The number of hydrogen-bond acceptors (Lipinski definition) is 5. The molecule has 0 aliphatic carbocycles. The zero-order valence-corrected chi connectivity index (χ0v) is 19.9. The van der Waals surface area contributed by atoms with Crippen molar-refractivity contribution in [2.24, 2.45) is 0 Å². The van der Waals surface area contributed by atoms with Gasteiger partial charge in [0.15, 0.2) is 5.78 Å². The first-order valence-electron chi connectivity index (χ1n) is 11.2. The molecule has 4 nitrogen and oxygen atoms in total. The molecule has 2 aromatic carbocycles. The maximum absolute atomic E-state index is 13.0. The summed E-state index contributed by atoms with van der Waals surface area (Å²) in [4.78, 5) is 15.1. The summed E-state index contributed by atoms with van der Waals surface area (Å²) in [5.74, 6) is 0.902. The Balaban J connectivity index is 1.70. The van der Waals surface area contributed by atoms with Crippen molar-refractivity contribution in [2.75, 3.05) is 13.2 Å². The predicted octanol–water partition coefficient (Wildman–Crippen LogP) is 5.53. The summed E-state index contributed by atoms with van der Waals surface area (Å²) in [6, 6.07) is 16.4. The van der Waals surface area contributed by atoms with E-state index in [0.717, 1.165) is 40.2 Å². The van der Waals surface area contributed by atoms with Crippen LogP contribution in [0.1, 0.15) is 51.0 Å². The van der Waals surface area contributed by atoms with Gasteiger partial charge in [-0.25, -0.2) is 0 Å². The molecule has 32 heavy (non-hydrogen) atoms. The van der Waals surface area contributed by atoms with E-state index in [-0.39, 0.29) is 19.0 Å². The molecule has 0 bridgehead atoms. The molecular weight excluding hydrogens is 420 g/mol. The second kappa shape index (κ2) is 11.4. The molecule has 2 N–H and O–H groups in total. The van der Waals surface area contributed by atoms with Crippen LogP contribution in [0, 0.1) is 13.8 Å². The van der Waals surface area contributed by atoms with E-state index in [1.165, 1.54) is 16.0 Å². The third kappa shape index (κ3) is 6.06. The zero-order chi connectivity index (χ0) is 23.1. The van der Waals surface area contributed by atoms with Gasteiger partial charge in [0.2, 0.25) is 0 Å². The molecule has 0 saturated carbocycles. The molecule has 3 rings (SSSR count). The van der Waals surface area contributed by atoms with Gasteiger partial charge >= 0.3 is 0 Å². The minimum absolute atomic E-state index is 0.0538. The van der Waals surface area contributed by atoms with Gasteiger partial charge in [-0.05, 0) is 60.6 Å². The fourth-order valence-corrected chi connectivity index (χ4v) is 5.12. The number of ether oxygens (including phenoxy) is 1. The van der Waals surface area contributed by atoms with E-state index in [9.17, 15) is 9.90 Å². The third-order valence-electron chi connectivity index (χ3n) is 5.44. The van der Waals surface area contributed by atoms with Gasteiger partial charge in [0.1, 0.15) is 18.5 Å². The normalized spacial score (nSPS) is 12.0. The highest BCUT2D eigenvalue weighted by atomic mass is 32.1. The summed E-state index contributed by atoms with van der Waals surface area (Å²) in [7, 11) is 0. The molecular formula is C27H32O4S. The topological polar surface area (TPSA) is 66.8 Å². The average molecular weight is 453 g/mol. The lowest BCUT2D eigenvalue weighted by molar-refractivity contribution is 0.0531. The lowest BCUT2D eigenvalue weighted by Crippen LogP contribution is -2.21. The minimum Gasteiger partial charge on any atom is -0.490 e. The van der Waals surface area contributed by atoms with Crippen LogP contribution >= 0.6 is 11.3 Å². The Morgan fingerprint density at radius 3 is 2.38 bits per heavy atom. The highest BCUT2D eigenvalue weighted by Gasteiger charge is 2.16. The quantitative estimate of drug-likeness (QED) is 0.375. The van der Waals surface area contributed by atoms with Crippen molar-refractivity contribution in [2.45, 2.75) is 52.6 Å². The van der Waals surface area contributed by atoms with Crippen molar-refractivity contribution in [1.82, 2.24) is 0 Å². The minimum atomic E-state index is -0.893. The van der Waals surface area contributed by atoms with Crippen LogP contribution in [0.3, 0.4) is 0 Å². The van der Waals surface area contributed by atoms with Gasteiger partial charge in [-0.3, -0.25) is 4.79 Å². The first kappa shape index (κ1) is 24.2. The van der Waals surface area contributed by atoms with Gasteiger partial charge in [0.05, 0.1) is 11.5 Å². The Morgan fingerprint density at radius 1 is 1.06 bits per heavy atom. The average Bonchev–Trinajstić information content (AvgIpc) is 3.21. The van der Waals surface area contributed by atoms with E-state index in [2.05, 4.69) is 25.1 Å². The second-order valence-electron chi connectivity index (χ2n) is 8.19. The van der Waals surface area contributed by atoms with Crippen molar-refractivity contribution in [3.63, 3.8) is 0 Å². The van der Waals surface area contributed by atoms with Gasteiger partial charge in [0, 0.05) is 11.3 Å². The second-order valence-corrected chi connectivity index (χ2v) is 9.33. The van der Waals surface area contributed by atoms with Crippen molar-refractivity contribution in [1.29, 1.82) is 0 Å². The Hall–Kier alpha value is -2.47. The molecule has 0 aliphatic heterocycles. The number of rotatable bonds is 11. The molecule has 170 valence electrons. The maximum Gasteiger partial charge on any atom is 0.173 e. The van der Waals surface area contributed by atoms with Gasteiger partial charge in [-0.1, -0.05) is 55.8 Å². The zero-order valence-electron chi connectivity index (χ0n) is 19.1. The first-order valence-corrected chi connectivity index (χ1v) is 12.0. The van der Waals surface area contributed by atoms with Gasteiger partial charge in [-0.2, -0.15) is 0 Å². The number of ketones is 1. The van der Waals surface area contributed by atoms with Crippen LogP contribution in [-0.4, -0.2) is 35.3 Å². The van der Waals surface area contributed by atoms with E-state index in [4.69, 9.17) is 9.84 Å². The monoisotopic (exact) mass is 452 g/mol. The summed E-state index contributed by atoms with van der Waals surface area (Å²) >= 11 is 1.63. The van der Waals surface area contributed by atoms with Gasteiger partial charge in [0.25, 0.3) is 0 Å². The Morgan fingerprint density at radius 2 is 1.75 bits per heavy atom. The summed E-state index contributed by atoms with van der Waals surface area (Å²) in [6.07, 6.45) is 2.27. The van der Waals surface area contributed by atoms with E-state index < -0.39 is 6.10 Å². The van der Waals surface area contributed by atoms with Crippen molar-refractivity contribution >= 4 is 17.1 Å². The maximum atomic E-state index is 13.0. The SMILES string of the molecule is CCCc1sc(C(=O)CCc2cc(C)c(OCC(O)CO)c(C)c2)cc1-c1ccccc1. The van der Waals surface area contributed by atoms with Crippen LogP contribution in [0.15, 0.2) is 48.5 Å². The highest BCUT2D eigenvalue weighted by Crippen LogP contribution is 2.33. The highest BCUT2D eigenvalue weighted by molar-refractivity contribution is 7.14. The summed E-state index contributed by atoms with van der Waals surface area (Å²) < 4.78 is 5.68. The number of aliphatic hydroxyl groups excluding tert-OH is 2. The van der Waals surface area contributed by atoms with E-state index in [1.807, 2.05) is 44.2 Å². The number of carbonyl (C=O) groups is 1. The Labute approximate surface area is 194 Å². The van der Waals surface area contributed by atoms with Crippen LogP contribution in [0.2, 0.25) is 0 Å². The predicted molar refractivity (Wildman–Crippen MR) is 131 cm³/mol. The van der Waals surface area contributed by atoms with E-state index in [1.54, 1.807) is 11.3 Å². The summed E-state index contributed by atoms with van der Waals surface area (Å²) in [6.45, 7) is 5.81. The van der Waals surface area contributed by atoms with Crippen LogP contribution in [0.5, 0.6) is 5.75 Å². The number of aryl methyl sites for hydroxylation is 4. The molecule has 0 spiro atoms. The van der Waals surface area contributed by atoms with Crippen molar-refractivity contribution < 1.29 is 19.7 Å². The fraction of sp³-hybridized carbons (Fsp3) is 0.370. The molecule has 5 heteroatoms. The largest absolute Gasteiger partial charge is 0.490 e. The number of thiophene rings is 1. The Bertz CT molecular complexity index is 1020. The van der Waals surface area contributed by atoms with Crippen LogP contribution in [0.4, 0.5) is 0 Å². The molecule has 3 aromatic rings. The molecule has 0 aliphatic rings. The van der Waals surface area contributed by atoms with Crippen LogP contribution in [0.25, 0.3) is 11.1 Å². The number of aliphatic hydroxyl groups is 2. The molecule has 0 radical (unpaired) electrons. The van der Waals surface area contributed by atoms with Crippen LogP contribution < -0.4 is 4.74 Å². The third-order valence-corrected chi connectivity index (χ3v) is 6.67. The van der Waals surface area contributed by atoms with Crippen molar-refractivity contribution in [3.05, 3.63) is 75.0 Å². The molecule has 0 saturated heterocycles. The molecule has 0 amide bonds. The van der Waals surface area contributed by atoms with Crippen molar-refractivity contribution in [3.8, 4) is 16.9 Å². The lowest BCUT2D eigenvalue weighted by Gasteiger charge is -2.15. The smallest absolute Gasteiger partial charge is 0.173 e. The van der Waals surface area contributed by atoms with E-state index in [0.29, 0.717) is 12.8 Å². The number of hydrogen-bond donors (Lipinski definition) is 2. The molecule has 1 unspecified atom stereocenters. The standard InChI is InChI=1S/C27H32O4S/c1-4-8-25-23(21-9-6-5-7-10-21)15-26(32-25)24(30)12-11-20-13-18(2)27(19(3)14-20)31-17-22(29)16-28/h5-7,9-10,13-15,22,28-29H,4,8,11-12,16-17H2,1-3H3. The fourth-order valence-electron chi connectivity index (χ4n) is 3.87. The molecule has 1 aromatic heterocycles. The number of Topliss-reactive ketones (excluding diaryl/α,β-unsaturated/α-hetero) is 1. The Kier molecular flexibility index (Phi) is 8.62. The van der Waals surface area contributed by atoms with Gasteiger partial charge in [-0.15, -0.1) is 11.3 Å². The molecule has 1 heterocycles. The van der Waals surface area contributed by atoms with E-state index >= 15 is 0 Å². The molecule has 0 fully saturated rings.